The lowest BCUT2D eigenvalue weighted by atomic mass is 10.1. The van der Waals surface area contributed by atoms with E-state index in [9.17, 15) is 4.79 Å². The van der Waals surface area contributed by atoms with Crippen molar-refractivity contribution in [1.29, 1.82) is 0 Å². The minimum Gasteiger partial charge on any atom is -0.496 e. The Labute approximate surface area is 116 Å². The summed E-state index contributed by atoms with van der Waals surface area (Å²) in [5.74, 6) is 0.969. The molecule has 0 saturated carbocycles. The van der Waals surface area contributed by atoms with Gasteiger partial charge in [-0.05, 0) is 18.6 Å². The molecule has 0 aliphatic carbocycles. The molecule has 0 fully saturated rings. The van der Waals surface area contributed by atoms with Crippen LogP contribution in [0.2, 0.25) is 0 Å². The number of nitrogens with zero attached hydrogens (tertiary/aromatic N) is 1. The maximum absolute atomic E-state index is 11.8. The summed E-state index contributed by atoms with van der Waals surface area (Å²) in [5.41, 5.74) is 7.07. The monoisotopic (exact) mass is 275 g/mol. The second kappa shape index (κ2) is 6.21. The molecule has 2 aromatic rings. The molecule has 1 aromatic carbocycles. The van der Waals surface area contributed by atoms with Crippen molar-refractivity contribution in [2.24, 2.45) is 5.73 Å². The Morgan fingerprint density at radius 2 is 2.35 bits per heavy atom. The molecule has 6 heteroatoms. The maximum atomic E-state index is 11.8. The molecule has 1 heterocycles. The summed E-state index contributed by atoms with van der Waals surface area (Å²) in [6.45, 7) is 1.86. The Hall–Kier alpha value is -2.34. The van der Waals surface area contributed by atoms with E-state index in [4.69, 9.17) is 14.9 Å². The fraction of sp³-hybridized carbons (Fsp3) is 0.286. The molecule has 0 saturated heterocycles. The number of nitrogens with one attached hydrogen (secondary N) is 1. The van der Waals surface area contributed by atoms with Crippen molar-refractivity contribution in [2.75, 3.05) is 12.4 Å². The summed E-state index contributed by atoms with van der Waals surface area (Å²) in [7, 11) is 1.55. The molecule has 0 bridgehead atoms. The molecule has 1 aromatic heterocycles. The molecule has 6 nitrogen and oxygen atoms in total. The number of aromatic nitrogens is 1. The van der Waals surface area contributed by atoms with E-state index >= 15 is 0 Å². The molecule has 106 valence electrons. The first kappa shape index (κ1) is 14.1. The van der Waals surface area contributed by atoms with Gasteiger partial charge in [0.15, 0.2) is 12.2 Å². The van der Waals surface area contributed by atoms with Gasteiger partial charge in [-0.1, -0.05) is 6.92 Å². The first-order valence-electron chi connectivity index (χ1n) is 6.29. The van der Waals surface area contributed by atoms with Gasteiger partial charge in [0.05, 0.1) is 24.9 Å². The van der Waals surface area contributed by atoms with Gasteiger partial charge in [0.2, 0.25) is 5.91 Å². The summed E-state index contributed by atoms with van der Waals surface area (Å²) in [6, 6.07) is 4.76. The van der Waals surface area contributed by atoms with Crippen molar-refractivity contribution in [1.82, 2.24) is 4.98 Å². The molecule has 0 spiro atoms. The van der Waals surface area contributed by atoms with Crippen LogP contribution in [0.5, 0.6) is 5.75 Å². The first-order chi connectivity index (χ1) is 9.65. The van der Waals surface area contributed by atoms with Gasteiger partial charge in [-0.15, -0.1) is 0 Å². The third-order valence-electron chi connectivity index (χ3n) is 2.94. The predicted molar refractivity (Wildman–Crippen MR) is 75.4 cm³/mol. The van der Waals surface area contributed by atoms with Crippen molar-refractivity contribution in [2.45, 2.75) is 19.4 Å². The van der Waals surface area contributed by atoms with E-state index in [0.29, 0.717) is 23.6 Å². The van der Waals surface area contributed by atoms with Crippen LogP contribution in [0, 0.1) is 0 Å². The van der Waals surface area contributed by atoms with Crippen molar-refractivity contribution >= 4 is 11.6 Å². The van der Waals surface area contributed by atoms with E-state index in [1.807, 2.05) is 6.92 Å². The number of carbonyl (C=O) groups is 1. The predicted octanol–water partition coefficient (Wildman–Crippen LogP) is 2.03. The number of benzene rings is 1. The summed E-state index contributed by atoms with van der Waals surface area (Å²) in [5, 5.41) is 2.75. The number of nitrogens with two attached hydrogens (primary N) is 1. The van der Waals surface area contributed by atoms with Gasteiger partial charge < -0.3 is 20.2 Å². The van der Waals surface area contributed by atoms with Crippen molar-refractivity contribution in [3.05, 3.63) is 30.8 Å². The minimum absolute atomic E-state index is 0.220. The van der Waals surface area contributed by atoms with Gasteiger partial charge in [-0.25, -0.2) is 4.98 Å². The van der Waals surface area contributed by atoms with Crippen LogP contribution in [0.15, 0.2) is 35.2 Å². The second-order valence-corrected chi connectivity index (χ2v) is 4.28. The number of rotatable bonds is 5. The normalized spacial score (nSPS) is 11.9. The summed E-state index contributed by atoms with van der Waals surface area (Å²) in [6.07, 6.45) is 3.53. The number of ether oxygens (including phenoxy) is 1. The van der Waals surface area contributed by atoms with E-state index in [0.717, 1.165) is 5.56 Å². The Morgan fingerprint density at radius 3 is 2.95 bits per heavy atom. The van der Waals surface area contributed by atoms with Crippen molar-refractivity contribution in [3.8, 4) is 17.1 Å². The molecule has 0 aliphatic rings. The van der Waals surface area contributed by atoms with Crippen LogP contribution in [0.4, 0.5) is 5.69 Å². The first-order valence-corrected chi connectivity index (χ1v) is 6.29. The lowest BCUT2D eigenvalue weighted by molar-refractivity contribution is -0.117. The molecule has 0 radical (unpaired) electrons. The highest BCUT2D eigenvalue weighted by Crippen LogP contribution is 2.32. The highest BCUT2D eigenvalue weighted by molar-refractivity contribution is 5.95. The zero-order valence-corrected chi connectivity index (χ0v) is 11.4. The largest absolute Gasteiger partial charge is 0.496 e. The number of methoxy groups -OCH3 is 1. The van der Waals surface area contributed by atoms with Crippen LogP contribution in [-0.2, 0) is 4.79 Å². The average molecular weight is 275 g/mol. The van der Waals surface area contributed by atoms with Crippen LogP contribution in [0.1, 0.15) is 13.3 Å². The van der Waals surface area contributed by atoms with Crippen LogP contribution < -0.4 is 15.8 Å². The van der Waals surface area contributed by atoms with Gasteiger partial charge in [0.1, 0.15) is 5.75 Å². The Kier molecular flexibility index (Phi) is 4.37. The summed E-state index contributed by atoms with van der Waals surface area (Å²) >= 11 is 0. The summed E-state index contributed by atoms with van der Waals surface area (Å²) in [4.78, 5) is 15.6. The molecule has 0 aliphatic heterocycles. The third kappa shape index (κ3) is 2.97. The minimum atomic E-state index is -0.519. The molecule has 1 unspecified atom stereocenters. The van der Waals surface area contributed by atoms with Crippen LogP contribution >= 0.6 is 0 Å². The number of carbonyl (C=O) groups excluding carboxylic acids is 1. The Morgan fingerprint density at radius 1 is 1.55 bits per heavy atom. The lowest BCUT2D eigenvalue weighted by Crippen LogP contribution is -2.34. The maximum Gasteiger partial charge on any atom is 0.241 e. The van der Waals surface area contributed by atoms with E-state index in [2.05, 4.69) is 10.3 Å². The number of amides is 1. The van der Waals surface area contributed by atoms with E-state index in [1.54, 1.807) is 31.5 Å². The fourth-order valence-electron chi connectivity index (χ4n) is 1.74. The van der Waals surface area contributed by atoms with Crippen LogP contribution in [0.25, 0.3) is 11.3 Å². The quantitative estimate of drug-likeness (QED) is 0.871. The summed E-state index contributed by atoms with van der Waals surface area (Å²) < 4.78 is 10.5. The topological polar surface area (TPSA) is 90.4 Å². The Balaban J connectivity index is 2.24. The van der Waals surface area contributed by atoms with Crippen LogP contribution in [-0.4, -0.2) is 24.0 Å². The smallest absolute Gasteiger partial charge is 0.241 e. The Bertz CT molecular complexity index is 581. The van der Waals surface area contributed by atoms with Gasteiger partial charge in [-0.3, -0.25) is 4.79 Å². The van der Waals surface area contributed by atoms with E-state index < -0.39 is 6.04 Å². The highest BCUT2D eigenvalue weighted by Gasteiger charge is 2.14. The third-order valence-corrected chi connectivity index (χ3v) is 2.94. The average Bonchev–Trinajstić information content (AvgIpc) is 3.00. The van der Waals surface area contributed by atoms with Gasteiger partial charge in [-0.2, -0.15) is 0 Å². The molecular weight excluding hydrogens is 258 g/mol. The van der Waals surface area contributed by atoms with Gasteiger partial charge in [0.25, 0.3) is 0 Å². The zero-order valence-electron chi connectivity index (χ0n) is 11.4. The zero-order chi connectivity index (χ0) is 14.5. The number of anilines is 1. The number of hydrogen-bond donors (Lipinski definition) is 2. The number of hydrogen-bond acceptors (Lipinski definition) is 5. The lowest BCUT2D eigenvalue weighted by Gasteiger charge is -2.12. The molecule has 1 amide bonds. The van der Waals surface area contributed by atoms with Crippen molar-refractivity contribution in [3.63, 3.8) is 0 Å². The van der Waals surface area contributed by atoms with E-state index in [-0.39, 0.29) is 5.91 Å². The molecule has 1 atom stereocenters. The number of oxazole rings is 1. The SMILES string of the molecule is CCC(N)C(=O)Nc1ccc(-c2cnco2)c(OC)c1. The van der Waals surface area contributed by atoms with Gasteiger partial charge >= 0.3 is 0 Å². The molecule has 20 heavy (non-hydrogen) atoms. The highest BCUT2D eigenvalue weighted by atomic mass is 16.5. The van der Waals surface area contributed by atoms with Crippen LogP contribution in [0.3, 0.4) is 0 Å². The molecule has 2 rings (SSSR count). The fourth-order valence-corrected chi connectivity index (χ4v) is 1.74. The molecule has 3 N–H and O–H groups in total. The second-order valence-electron chi connectivity index (χ2n) is 4.28. The standard InChI is InChI=1S/C14H17N3O3/c1-3-11(15)14(18)17-9-4-5-10(12(6-9)19-2)13-7-16-8-20-13/h4-8,11H,3,15H2,1-2H3,(H,17,18). The molecular formula is C14H17N3O3. The van der Waals surface area contributed by atoms with Crippen molar-refractivity contribution < 1.29 is 13.9 Å². The van der Waals surface area contributed by atoms with Gasteiger partial charge in [0, 0.05) is 11.8 Å². The van der Waals surface area contributed by atoms with E-state index in [1.165, 1.54) is 6.39 Å².